The summed E-state index contributed by atoms with van der Waals surface area (Å²) in [5.41, 5.74) is 12.4. The number of hydrogen-bond donors (Lipinski definition) is 12. The molecule has 0 aromatic heterocycles. The van der Waals surface area contributed by atoms with Crippen LogP contribution < -0.4 is 42.5 Å². The smallest absolute Gasteiger partial charge is 0.246 e. The topological polar surface area (TPSA) is 412 Å². The van der Waals surface area contributed by atoms with Crippen LogP contribution in [0.5, 0.6) is 23.0 Å². The molecular weight excluding hydrogens is 1880 g/mol. The molecule has 5 saturated heterocycles. The number of carbonyl (C=O) groups is 13. The highest BCUT2D eigenvalue weighted by molar-refractivity contribution is 6.01. The Morgan fingerprint density at radius 3 is 0.866 bits per heavy atom. The van der Waals surface area contributed by atoms with Gasteiger partial charge in [0.1, 0.15) is 65.6 Å². The molecule has 12 N–H and O–H groups in total. The molecule has 149 heavy (non-hydrogen) atoms. The van der Waals surface area contributed by atoms with E-state index in [0.717, 1.165) is 122 Å². The number of nitrogens with zero attached hydrogens (tertiary/aromatic N) is 4. The standard InChI is InChI=1S/C31H39N3O5.2C31H39N3O4.C27H37N3O4/c1-5-17(2)28(37)33-23-13-19-14-25(35)26(36)15-21(19)24-16-31(3,4)27(34(24)30(23)39)29(38)32-22-12-8-10-18-9-6-7-11-20(18)22;2*1-5-18(2)28(36)33-25-15-20-13-14-21(35)16-23(20)26-17-31(3,4)27(34(26)30(25)38)29(37)32-24-12-8-10-19-9-6-7-11-22(19)24;1-5-16(2)24(32)29-22-14-19(31)13-18-15-27(3,4)23(30(18)26(22)34)25(33)28-21-12-8-10-17-9-6-7-11-20(17)21/h6-7,9,11,14-15,17,22-24,27,35-36H,5,8,10,12-13,16H2,1-4H3,(H,32,38)(H,33,37);2*6-7,9,11,13-14,16,18,24-27,35H,5,8,10,12,15,17H2,1-4H3,(H,32,37)(H,33,36);6-7,9,11,16,18,21-23H,5,8,10,12-15H2,1-4H3,(H,28,33)(H,29,32)/t17-,22-,23+,24-,27?;2*18-,24-,25+,26-,27?;16-,18+,21-,22+,23?/m1111/s1. The van der Waals surface area contributed by atoms with Gasteiger partial charge in [-0.2, -0.15) is 0 Å². The van der Waals surface area contributed by atoms with E-state index >= 15 is 0 Å². The van der Waals surface area contributed by atoms with Crippen LogP contribution in [-0.2, 0) is 107 Å². The van der Waals surface area contributed by atoms with Crippen LogP contribution in [0, 0.1) is 45.3 Å². The second kappa shape index (κ2) is 44.7. The molecule has 796 valence electrons. The maximum Gasteiger partial charge on any atom is 0.246 e. The van der Waals surface area contributed by atoms with Gasteiger partial charge < -0.3 is 82.6 Å². The van der Waals surface area contributed by atoms with Crippen LogP contribution in [0.2, 0.25) is 0 Å². The number of amides is 12. The largest absolute Gasteiger partial charge is 0.508 e. The lowest BCUT2D eigenvalue weighted by molar-refractivity contribution is -0.145. The van der Waals surface area contributed by atoms with E-state index in [9.17, 15) is 82.8 Å². The van der Waals surface area contributed by atoms with Crippen molar-refractivity contribution >= 4 is 76.7 Å². The third kappa shape index (κ3) is 22.6. The molecule has 19 rings (SSSR count). The SMILES string of the molecule is CC[C@@H](C)C(=O)N[C@H]1CC(=O)C[C@H]2CC(C)(C)C(C(=O)N[C@@H]3CCCc4ccccc43)N2C1=O.CC[C@@H](C)C(=O)N[C@H]1Cc2cc(O)c(O)cc2[C@H]2CC(C)(C)C(C(=O)N[C@@H]3CCCc4ccccc43)N2C1=O.CC[C@@H](C)C(=O)N[C@H]1Cc2ccc(O)cc2[C@H]2CC(C)(C)C(C(=O)N[C@@H]3CCCc4ccccc43)N2C1=O.CC[C@@H](C)C(=O)N[C@H]1Cc2ccc(O)cc2[C@H]2CC(C)(C)C(C(=O)N[C@@H]3CCCc4ccccc43)N2C1=O. The summed E-state index contributed by atoms with van der Waals surface area (Å²) in [5, 5.41) is 66.1. The van der Waals surface area contributed by atoms with Crippen LogP contribution in [0.3, 0.4) is 0 Å². The summed E-state index contributed by atoms with van der Waals surface area (Å²) < 4.78 is 0. The molecule has 4 unspecified atom stereocenters. The van der Waals surface area contributed by atoms with Crippen molar-refractivity contribution in [2.24, 2.45) is 45.3 Å². The lowest BCUT2D eigenvalue weighted by atomic mass is 9.80. The summed E-state index contributed by atoms with van der Waals surface area (Å²) in [6, 6.07) is 38.0. The van der Waals surface area contributed by atoms with Crippen molar-refractivity contribution in [2.45, 2.75) is 368 Å². The van der Waals surface area contributed by atoms with E-state index < -0.39 is 76.0 Å². The highest BCUT2D eigenvalue weighted by atomic mass is 16.3. The minimum absolute atomic E-state index is 0.0151. The van der Waals surface area contributed by atoms with E-state index in [0.29, 0.717) is 75.3 Å². The highest BCUT2D eigenvalue weighted by Crippen LogP contribution is 2.56. The third-order valence-electron chi connectivity index (χ3n) is 34.6. The first-order valence-corrected chi connectivity index (χ1v) is 54.6. The maximum atomic E-state index is 14.2. The van der Waals surface area contributed by atoms with Gasteiger partial charge in [-0.25, -0.2) is 0 Å². The molecule has 0 radical (unpaired) electrons. The van der Waals surface area contributed by atoms with Crippen LogP contribution in [0.1, 0.15) is 347 Å². The van der Waals surface area contributed by atoms with Gasteiger partial charge in [-0.1, -0.05) is 220 Å². The predicted octanol–water partition coefficient (Wildman–Crippen LogP) is 15.8. The van der Waals surface area contributed by atoms with Gasteiger partial charge >= 0.3 is 0 Å². The van der Waals surface area contributed by atoms with E-state index in [2.05, 4.69) is 91.1 Å². The number of Topliss-reactive ketones (excluding diaryl/α,β-unsaturated/α-hetero) is 1. The molecule has 12 aliphatic rings. The molecule has 8 aliphatic heterocycles. The summed E-state index contributed by atoms with van der Waals surface area (Å²) in [4.78, 5) is 183. The molecule has 0 bridgehead atoms. The molecule has 5 fully saturated rings. The van der Waals surface area contributed by atoms with Crippen LogP contribution >= 0.6 is 0 Å². The van der Waals surface area contributed by atoms with Crippen molar-refractivity contribution in [2.75, 3.05) is 0 Å². The van der Waals surface area contributed by atoms with Gasteiger partial charge in [0.15, 0.2) is 11.5 Å². The van der Waals surface area contributed by atoms with Crippen LogP contribution in [0.15, 0.2) is 146 Å². The fraction of sp³-hybridized carbons (Fsp3) is 0.542. The van der Waals surface area contributed by atoms with Crippen molar-refractivity contribution in [1.29, 1.82) is 0 Å². The van der Waals surface area contributed by atoms with Crippen LogP contribution in [0.25, 0.3) is 0 Å². The summed E-state index contributed by atoms with van der Waals surface area (Å²) in [6.07, 6.45) is 17.3. The van der Waals surface area contributed by atoms with Gasteiger partial charge in [-0.15, -0.1) is 0 Å². The lowest BCUT2D eigenvalue weighted by Crippen LogP contribution is -2.57. The Bertz CT molecular complexity index is 6090. The number of fused-ring (bicyclic) bond motifs is 14. The average Bonchev–Trinajstić information content (AvgIpc) is 1.59. The number of nitrogens with one attached hydrogen (secondary N) is 8. The molecule has 20 atom stereocenters. The van der Waals surface area contributed by atoms with Crippen molar-refractivity contribution in [3.05, 3.63) is 223 Å². The number of rotatable bonds is 20. The molecule has 0 spiro atoms. The normalized spacial score (nSPS) is 26.9. The fourth-order valence-corrected chi connectivity index (χ4v) is 25.9. The third-order valence-corrected chi connectivity index (χ3v) is 34.6. The molecule has 7 aromatic carbocycles. The Balaban J connectivity index is 0.000000142. The Morgan fingerprint density at radius 2 is 0.557 bits per heavy atom. The van der Waals surface area contributed by atoms with Gasteiger partial charge in [0.05, 0.1) is 42.3 Å². The summed E-state index contributed by atoms with van der Waals surface area (Å²) in [6.45, 7) is 31.1. The first kappa shape index (κ1) is 109. The van der Waals surface area contributed by atoms with E-state index in [4.69, 9.17) is 0 Å². The van der Waals surface area contributed by atoms with Crippen molar-refractivity contribution in [3.63, 3.8) is 0 Å². The number of aryl methyl sites for hydroxylation is 4. The molecule has 8 heterocycles. The van der Waals surface area contributed by atoms with Crippen LogP contribution in [-0.4, -0.2) is 171 Å². The minimum atomic E-state index is -0.918. The molecule has 0 saturated carbocycles. The number of hydrogen-bond acceptors (Lipinski definition) is 17. The zero-order valence-corrected chi connectivity index (χ0v) is 89.5. The van der Waals surface area contributed by atoms with Crippen LogP contribution in [0.4, 0.5) is 0 Å². The van der Waals surface area contributed by atoms with Gasteiger partial charge in [0, 0.05) is 61.8 Å². The molecule has 7 aromatic rings. The summed E-state index contributed by atoms with van der Waals surface area (Å²) >= 11 is 0. The van der Waals surface area contributed by atoms with Gasteiger partial charge in [0.2, 0.25) is 70.9 Å². The molecule has 29 nitrogen and oxygen atoms in total. The quantitative estimate of drug-likeness (QED) is 0.0315. The first-order chi connectivity index (χ1) is 70.8. The first-order valence-electron chi connectivity index (χ1n) is 54.6. The molecular formula is C120H154N12O17. The minimum Gasteiger partial charge on any atom is -0.508 e. The number of carbonyl (C=O) groups excluding carboxylic acids is 13. The Labute approximate surface area is 876 Å². The highest BCUT2D eigenvalue weighted by Gasteiger charge is 2.61. The van der Waals surface area contributed by atoms with E-state index in [1.54, 1.807) is 50.8 Å². The Morgan fingerprint density at radius 1 is 0.295 bits per heavy atom. The van der Waals surface area contributed by atoms with Gasteiger partial charge in [-0.3, -0.25) is 62.3 Å². The maximum absolute atomic E-state index is 14.2. The van der Waals surface area contributed by atoms with E-state index in [1.165, 1.54) is 34.4 Å². The van der Waals surface area contributed by atoms with Crippen molar-refractivity contribution < 1.29 is 82.8 Å². The zero-order valence-electron chi connectivity index (χ0n) is 89.5. The van der Waals surface area contributed by atoms with Gasteiger partial charge in [0.25, 0.3) is 0 Å². The number of aromatic hydroxyl groups is 4. The van der Waals surface area contributed by atoms with Gasteiger partial charge in [-0.05, 0) is 264 Å². The number of benzene rings is 7. The predicted molar refractivity (Wildman–Crippen MR) is 566 cm³/mol. The molecule has 12 amide bonds. The number of phenols is 4. The average molecular weight is 2040 g/mol. The summed E-state index contributed by atoms with van der Waals surface area (Å²) in [5.74, 6) is -3.91. The molecule has 29 heteroatoms. The van der Waals surface area contributed by atoms with E-state index in [1.807, 2.05) is 165 Å². The van der Waals surface area contributed by atoms with Crippen molar-refractivity contribution in [3.8, 4) is 23.0 Å². The molecule has 4 aliphatic carbocycles. The second-order valence-corrected chi connectivity index (χ2v) is 47.0. The second-order valence-electron chi connectivity index (χ2n) is 47.0. The summed E-state index contributed by atoms with van der Waals surface area (Å²) in [7, 11) is 0. The Hall–Kier alpha value is -13.0. The van der Waals surface area contributed by atoms with E-state index in [-0.39, 0.29) is 185 Å². The fourth-order valence-electron chi connectivity index (χ4n) is 25.9. The lowest BCUT2D eigenvalue weighted by Gasteiger charge is -2.36. The Kier molecular flexibility index (Phi) is 32.6. The number of ketones is 1. The number of phenolic OH excluding ortho intramolecular Hbond substituents is 4. The van der Waals surface area contributed by atoms with Crippen molar-refractivity contribution in [1.82, 2.24) is 62.1 Å². The zero-order chi connectivity index (χ0) is 107. The monoisotopic (exact) mass is 2040 g/mol.